The van der Waals surface area contributed by atoms with E-state index in [0.29, 0.717) is 0 Å². The van der Waals surface area contributed by atoms with Gasteiger partial charge in [-0.25, -0.2) is 4.98 Å². The molecule has 0 saturated heterocycles. The largest absolute Gasteiger partial charge is 0.346 e. The van der Waals surface area contributed by atoms with Gasteiger partial charge in [-0.15, -0.1) is 0 Å². The fourth-order valence-corrected chi connectivity index (χ4v) is 1.83. The van der Waals surface area contributed by atoms with Gasteiger partial charge in [-0.2, -0.15) is 0 Å². The van der Waals surface area contributed by atoms with Gasteiger partial charge in [0.2, 0.25) is 0 Å². The minimum atomic E-state index is 0.862. The maximum atomic E-state index is 4.26. The van der Waals surface area contributed by atoms with Crippen LogP contribution in [0.5, 0.6) is 0 Å². The summed E-state index contributed by atoms with van der Waals surface area (Å²) < 4.78 is 0.998. The Bertz CT molecular complexity index is 474. The van der Waals surface area contributed by atoms with E-state index < -0.39 is 0 Å². The highest BCUT2D eigenvalue weighted by atomic mass is 79.9. The monoisotopic (exact) mass is 314 g/mol. The number of H-pyrrole nitrogens is 1. The quantitative estimate of drug-likeness (QED) is 0.840. The molecular formula is C10H8Br2N2. The predicted octanol–water partition coefficient (Wildman–Crippen LogP) is 3.73. The molecule has 0 amide bonds. The number of nitrogens with one attached hydrogen (secondary N) is 1. The van der Waals surface area contributed by atoms with Gasteiger partial charge in [0.1, 0.15) is 5.65 Å². The van der Waals surface area contributed by atoms with Crippen molar-refractivity contribution in [2.45, 2.75) is 0 Å². The Morgan fingerprint density at radius 3 is 3.14 bits per heavy atom. The molecule has 0 fully saturated rings. The molecule has 0 unspecified atom stereocenters. The fraction of sp³-hybridized carbons (Fsp3) is 0.100. The Balaban J connectivity index is 2.55. The number of hydrogen-bond acceptors (Lipinski definition) is 1. The average molecular weight is 316 g/mol. The number of aromatic nitrogens is 2. The lowest BCUT2D eigenvalue weighted by atomic mass is 10.2. The Labute approximate surface area is 98.7 Å². The lowest BCUT2D eigenvalue weighted by molar-refractivity contribution is 1.31. The highest BCUT2D eigenvalue weighted by Crippen LogP contribution is 2.21. The van der Waals surface area contributed by atoms with Crippen LogP contribution in [0.3, 0.4) is 0 Å². The van der Waals surface area contributed by atoms with Crippen molar-refractivity contribution < 1.29 is 0 Å². The average Bonchev–Trinajstić information content (AvgIpc) is 2.57. The number of hydrogen-bond donors (Lipinski definition) is 1. The van der Waals surface area contributed by atoms with Gasteiger partial charge in [-0.05, 0) is 22.0 Å². The van der Waals surface area contributed by atoms with Crippen LogP contribution in [0.4, 0.5) is 0 Å². The molecule has 1 N–H and O–H groups in total. The summed E-state index contributed by atoms with van der Waals surface area (Å²) in [5.41, 5.74) is 2.08. The third kappa shape index (κ3) is 1.91. The molecule has 14 heavy (non-hydrogen) atoms. The summed E-state index contributed by atoms with van der Waals surface area (Å²) in [6.07, 6.45) is 7.88. The second-order valence-electron chi connectivity index (χ2n) is 2.85. The molecule has 0 spiro atoms. The molecule has 2 aromatic rings. The fourth-order valence-electron chi connectivity index (χ4n) is 1.31. The number of nitrogens with zero attached hydrogens (tertiary/aromatic N) is 1. The lowest BCUT2D eigenvalue weighted by Gasteiger charge is -1.92. The van der Waals surface area contributed by atoms with Gasteiger partial charge in [0.25, 0.3) is 0 Å². The lowest BCUT2D eigenvalue weighted by Crippen LogP contribution is -1.75. The van der Waals surface area contributed by atoms with Crippen LogP contribution in [-0.4, -0.2) is 15.3 Å². The van der Waals surface area contributed by atoms with Crippen molar-refractivity contribution in [3.63, 3.8) is 0 Å². The number of allylic oxidation sites excluding steroid dienone is 1. The van der Waals surface area contributed by atoms with Crippen molar-refractivity contribution in [2.75, 3.05) is 5.33 Å². The molecule has 0 aromatic carbocycles. The third-order valence-corrected chi connectivity index (χ3v) is 2.72. The number of rotatable bonds is 2. The van der Waals surface area contributed by atoms with Crippen LogP contribution in [0.25, 0.3) is 17.1 Å². The van der Waals surface area contributed by atoms with Crippen LogP contribution < -0.4 is 0 Å². The molecule has 2 heterocycles. The minimum Gasteiger partial charge on any atom is -0.346 e. The van der Waals surface area contributed by atoms with Crippen LogP contribution in [-0.2, 0) is 0 Å². The Morgan fingerprint density at radius 1 is 1.50 bits per heavy atom. The van der Waals surface area contributed by atoms with Gasteiger partial charge in [0.05, 0.1) is 0 Å². The molecule has 0 aliphatic rings. The smallest absolute Gasteiger partial charge is 0.137 e. The number of aromatic amines is 1. The van der Waals surface area contributed by atoms with E-state index in [1.165, 1.54) is 0 Å². The van der Waals surface area contributed by atoms with E-state index in [1.54, 1.807) is 6.20 Å². The van der Waals surface area contributed by atoms with Gasteiger partial charge < -0.3 is 4.98 Å². The first kappa shape index (κ1) is 9.93. The summed E-state index contributed by atoms with van der Waals surface area (Å²) in [7, 11) is 0. The zero-order chi connectivity index (χ0) is 9.97. The summed E-state index contributed by atoms with van der Waals surface area (Å²) in [5, 5.41) is 2.00. The van der Waals surface area contributed by atoms with E-state index in [-0.39, 0.29) is 0 Å². The minimum absolute atomic E-state index is 0.862. The molecule has 0 radical (unpaired) electrons. The molecule has 4 heteroatoms. The van der Waals surface area contributed by atoms with Crippen molar-refractivity contribution in [1.82, 2.24) is 9.97 Å². The van der Waals surface area contributed by atoms with Crippen LogP contribution >= 0.6 is 31.9 Å². The van der Waals surface area contributed by atoms with Crippen molar-refractivity contribution >= 4 is 49.0 Å². The summed E-state index contributed by atoms with van der Waals surface area (Å²) in [6, 6.07) is 2.06. The summed E-state index contributed by atoms with van der Waals surface area (Å²) in [4.78, 5) is 7.39. The van der Waals surface area contributed by atoms with E-state index >= 15 is 0 Å². The van der Waals surface area contributed by atoms with Crippen LogP contribution in [0.2, 0.25) is 0 Å². The molecule has 0 aliphatic heterocycles. The van der Waals surface area contributed by atoms with Crippen LogP contribution in [0, 0.1) is 0 Å². The molecule has 0 atom stereocenters. The number of fused-ring (bicyclic) bond motifs is 1. The van der Waals surface area contributed by atoms with Crippen molar-refractivity contribution in [3.05, 3.63) is 34.6 Å². The highest BCUT2D eigenvalue weighted by Gasteiger charge is 2.01. The van der Waals surface area contributed by atoms with E-state index in [0.717, 1.165) is 26.4 Å². The normalized spacial score (nSPS) is 11.6. The zero-order valence-electron chi connectivity index (χ0n) is 7.30. The molecule has 0 saturated carbocycles. The standard InChI is InChI=1S/C10H8Br2N2/c11-3-1-2-7-5-13-10-9(7)4-8(12)6-14-10/h1-2,4-6H,3H2,(H,13,14). The van der Waals surface area contributed by atoms with E-state index in [9.17, 15) is 0 Å². The van der Waals surface area contributed by atoms with Gasteiger partial charge in [-0.1, -0.05) is 28.1 Å². The van der Waals surface area contributed by atoms with Crippen molar-refractivity contribution in [1.29, 1.82) is 0 Å². The molecule has 2 nitrogen and oxygen atoms in total. The van der Waals surface area contributed by atoms with E-state index in [2.05, 4.69) is 60.0 Å². The Hall–Kier alpha value is -0.610. The van der Waals surface area contributed by atoms with Crippen molar-refractivity contribution in [3.8, 4) is 0 Å². The maximum absolute atomic E-state index is 4.26. The summed E-state index contributed by atoms with van der Waals surface area (Å²) >= 11 is 6.76. The van der Waals surface area contributed by atoms with Gasteiger partial charge in [-0.3, -0.25) is 0 Å². The summed E-state index contributed by atoms with van der Waals surface area (Å²) in [5.74, 6) is 0. The SMILES string of the molecule is BrCC=Cc1c[nH]c2ncc(Br)cc12. The first-order valence-corrected chi connectivity index (χ1v) is 6.08. The second-order valence-corrected chi connectivity index (χ2v) is 4.41. The molecule has 0 bridgehead atoms. The number of pyridine rings is 1. The first-order valence-electron chi connectivity index (χ1n) is 4.16. The predicted molar refractivity (Wildman–Crippen MR) is 66.6 cm³/mol. The van der Waals surface area contributed by atoms with Crippen molar-refractivity contribution in [2.24, 2.45) is 0 Å². The maximum Gasteiger partial charge on any atom is 0.137 e. The molecule has 2 rings (SSSR count). The molecular weight excluding hydrogens is 308 g/mol. The first-order chi connectivity index (χ1) is 6.81. The number of halogens is 2. The molecule has 72 valence electrons. The summed E-state index contributed by atoms with van der Waals surface area (Å²) in [6.45, 7) is 0. The van der Waals surface area contributed by atoms with E-state index in [4.69, 9.17) is 0 Å². The Morgan fingerprint density at radius 2 is 2.36 bits per heavy atom. The second kappa shape index (κ2) is 4.28. The van der Waals surface area contributed by atoms with Gasteiger partial charge in [0.15, 0.2) is 0 Å². The van der Waals surface area contributed by atoms with E-state index in [1.807, 2.05) is 6.20 Å². The Kier molecular flexibility index (Phi) is 3.03. The van der Waals surface area contributed by atoms with Crippen LogP contribution in [0.1, 0.15) is 5.56 Å². The van der Waals surface area contributed by atoms with Gasteiger partial charge in [0, 0.05) is 33.1 Å². The molecule has 0 aliphatic carbocycles. The van der Waals surface area contributed by atoms with Gasteiger partial charge >= 0.3 is 0 Å². The molecule has 2 aromatic heterocycles. The highest BCUT2D eigenvalue weighted by molar-refractivity contribution is 9.10. The topological polar surface area (TPSA) is 28.7 Å². The third-order valence-electron chi connectivity index (χ3n) is 1.92. The zero-order valence-corrected chi connectivity index (χ0v) is 10.5. The number of alkyl halides is 1. The van der Waals surface area contributed by atoms with Crippen LogP contribution in [0.15, 0.2) is 29.0 Å².